The average Bonchev–Trinajstić information content (AvgIpc) is 2.47. The lowest BCUT2D eigenvalue weighted by Gasteiger charge is -2.34. The molecule has 0 saturated carbocycles. The number of thioether (sulfide) groups is 1. The van der Waals surface area contributed by atoms with Gasteiger partial charge in [-0.25, -0.2) is 4.39 Å². The molecule has 1 aromatic rings. The van der Waals surface area contributed by atoms with Crippen molar-refractivity contribution < 1.29 is 9.18 Å². The molecule has 20 heavy (non-hydrogen) atoms. The zero-order valence-corrected chi connectivity index (χ0v) is 12.2. The minimum atomic E-state index is -0.251. The first-order valence-corrected chi connectivity index (χ1v) is 7.67. The van der Waals surface area contributed by atoms with Crippen LogP contribution in [0.25, 0.3) is 0 Å². The quantitative estimate of drug-likeness (QED) is 0.615. The van der Waals surface area contributed by atoms with Gasteiger partial charge in [-0.2, -0.15) is 0 Å². The maximum absolute atomic E-state index is 12.8. The van der Waals surface area contributed by atoms with Crippen LogP contribution >= 0.6 is 11.8 Å². The second kappa shape index (κ2) is 7.45. The third-order valence-electron chi connectivity index (χ3n) is 3.29. The molecule has 0 unspecified atom stereocenters. The van der Waals surface area contributed by atoms with Gasteiger partial charge >= 0.3 is 0 Å². The summed E-state index contributed by atoms with van der Waals surface area (Å²) in [5, 5.41) is 0. The highest BCUT2D eigenvalue weighted by Gasteiger charge is 2.20. The third kappa shape index (κ3) is 4.35. The van der Waals surface area contributed by atoms with E-state index in [1.807, 2.05) is 11.0 Å². The fourth-order valence-electron chi connectivity index (χ4n) is 2.13. The Bertz CT molecular complexity index is 455. The smallest absolute Gasteiger partial charge is 0.233 e. The molecule has 0 bridgehead atoms. The third-order valence-corrected chi connectivity index (χ3v) is 4.29. The van der Waals surface area contributed by atoms with E-state index in [0.29, 0.717) is 5.75 Å². The maximum atomic E-state index is 12.8. The predicted molar refractivity (Wildman–Crippen MR) is 80.3 cm³/mol. The maximum Gasteiger partial charge on any atom is 0.233 e. The van der Waals surface area contributed by atoms with E-state index in [4.69, 9.17) is 0 Å². The summed E-state index contributed by atoms with van der Waals surface area (Å²) in [7, 11) is 0. The molecule has 0 atom stereocenters. The van der Waals surface area contributed by atoms with E-state index < -0.39 is 0 Å². The standard InChI is InChI=1S/C15H19FN2OS/c1-2-7-17-8-10-18(11-9-17)15(19)12-20-14-5-3-13(16)4-6-14/h2-6H,1,7-12H2. The van der Waals surface area contributed by atoms with Gasteiger partial charge in [0.15, 0.2) is 0 Å². The molecule has 1 heterocycles. The van der Waals surface area contributed by atoms with Crippen LogP contribution in [0.2, 0.25) is 0 Å². The Balaban J connectivity index is 1.75. The normalized spacial score (nSPS) is 16.1. The molecule has 1 amide bonds. The van der Waals surface area contributed by atoms with E-state index in [1.54, 1.807) is 12.1 Å². The molecule has 5 heteroatoms. The van der Waals surface area contributed by atoms with Crippen molar-refractivity contribution in [1.29, 1.82) is 0 Å². The van der Waals surface area contributed by atoms with Crippen molar-refractivity contribution in [3.05, 3.63) is 42.7 Å². The van der Waals surface area contributed by atoms with Crippen LogP contribution in [0.15, 0.2) is 41.8 Å². The van der Waals surface area contributed by atoms with E-state index in [2.05, 4.69) is 11.5 Å². The Kier molecular flexibility index (Phi) is 5.61. The highest BCUT2D eigenvalue weighted by Crippen LogP contribution is 2.18. The highest BCUT2D eigenvalue weighted by atomic mass is 32.2. The van der Waals surface area contributed by atoms with E-state index >= 15 is 0 Å². The lowest BCUT2D eigenvalue weighted by Crippen LogP contribution is -2.49. The summed E-state index contributed by atoms with van der Waals surface area (Å²) in [6.07, 6.45) is 1.89. The minimum Gasteiger partial charge on any atom is -0.339 e. The van der Waals surface area contributed by atoms with Gasteiger partial charge in [0.05, 0.1) is 5.75 Å². The van der Waals surface area contributed by atoms with Crippen LogP contribution in [0.3, 0.4) is 0 Å². The summed E-state index contributed by atoms with van der Waals surface area (Å²) in [5.74, 6) is 0.309. The van der Waals surface area contributed by atoms with E-state index in [9.17, 15) is 9.18 Å². The van der Waals surface area contributed by atoms with Crippen LogP contribution in [0.5, 0.6) is 0 Å². The number of benzene rings is 1. The molecule has 0 radical (unpaired) electrons. The molecule has 1 aromatic carbocycles. The Labute approximate surface area is 123 Å². The second-order valence-electron chi connectivity index (χ2n) is 4.71. The summed E-state index contributed by atoms with van der Waals surface area (Å²) in [6, 6.07) is 6.24. The van der Waals surface area contributed by atoms with Crippen LogP contribution in [-0.2, 0) is 4.79 Å². The lowest BCUT2D eigenvalue weighted by molar-refractivity contribution is -0.129. The molecule has 1 saturated heterocycles. The summed E-state index contributed by atoms with van der Waals surface area (Å²) < 4.78 is 12.8. The molecule has 0 spiro atoms. The molecule has 0 aromatic heterocycles. The second-order valence-corrected chi connectivity index (χ2v) is 5.76. The zero-order valence-electron chi connectivity index (χ0n) is 11.4. The Morgan fingerprint density at radius 2 is 1.90 bits per heavy atom. The highest BCUT2D eigenvalue weighted by molar-refractivity contribution is 8.00. The average molecular weight is 294 g/mol. The van der Waals surface area contributed by atoms with Crippen LogP contribution in [-0.4, -0.2) is 54.2 Å². The van der Waals surface area contributed by atoms with Crippen molar-refractivity contribution in [2.45, 2.75) is 4.90 Å². The van der Waals surface area contributed by atoms with E-state index in [0.717, 1.165) is 37.6 Å². The molecule has 0 aliphatic carbocycles. The molecule has 108 valence electrons. The Hall–Kier alpha value is -1.33. The Morgan fingerprint density at radius 1 is 1.25 bits per heavy atom. The van der Waals surface area contributed by atoms with E-state index in [-0.39, 0.29) is 11.7 Å². The molecule has 3 nitrogen and oxygen atoms in total. The first-order valence-electron chi connectivity index (χ1n) is 6.68. The first kappa shape index (κ1) is 15.1. The first-order chi connectivity index (χ1) is 9.69. The van der Waals surface area contributed by atoms with Crippen molar-refractivity contribution >= 4 is 17.7 Å². The lowest BCUT2D eigenvalue weighted by atomic mass is 10.3. The summed E-state index contributed by atoms with van der Waals surface area (Å²) in [6.45, 7) is 7.96. The SMILES string of the molecule is C=CCN1CCN(C(=O)CSc2ccc(F)cc2)CC1. The largest absolute Gasteiger partial charge is 0.339 e. The summed E-state index contributed by atoms with van der Waals surface area (Å²) >= 11 is 1.45. The van der Waals surface area contributed by atoms with Crippen LogP contribution in [0, 0.1) is 5.82 Å². The van der Waals surface area contributed by atoms with E-state index in [1.165, 1.54) is 23.9 Å². The number of carbonyl (C=O) groups is 1. The number of hydrogen-bond acceptors (Lipinski definition) is 3. The molecule has 2 rings (SSSR count). The summed E-state index contributed by atoms with van der Waals surface area (Å²) in [5.41, 5.74) is 0. The minimum absolute atomic E-state index is 0.151. The molecule has 1 aliphatic rings. The van der Waals surface area contributed by atoms with Gasteiger partial charge in [-0.3, -0.25) is 9.69 Å². The number of nitrogens with zero attached hydrogens (tertiary/aromatic N) is 2. The van der Waals surface area contributed by atoms with Gasteiger partial charge in [0, 0.05) is 37.6 Å². The Morgan fingerprint density at radius 3 is 2.50 bits per heavy atom. The molecule has 0 N–H and O–H groups in total. The fourth-order valence-corrected chi connectivity index (χ4v) is 2.93. The van der Waals surface area contributed by atoms with Gasteiger partial charge in [0.2, 0.25) is 5.91 Å². The molecule has 1 fully saturated rings. The van der Waals surface area contributed by atoms with Crippen molar-refractivity contribution in [3.63, 3.8) is 0 Å². The van der Waals surface area contributed by atoms with Crippen molar-refractivity contribution in [1.82, 2.24) is 9.80 Å². The monoisotopic (exact) mass is 294 g/mol. The van der Waals surface area contributed by atoms with Crippen LogP contribution in [0.4, 0.5) is 4.39 Å². The number of halogens is 1. The van der Waals surface area contributed by atoms with Crippen LogP contribution < -0.4 is 0 Å². The van der Waals surface area contributed by atoms with Crippen molar-refractivity contribution in [2.24, 2.45) is 0 Å². The van der Waals surface area contributed by atoms with Crippen LogP contribution in [0.1, 0.15) is 0 Å². The molecule has 1 aliphatic heterocycles. The number of piperazine rings is 1. The van der Waals surface area contributed by atoms with Gasteiger partial charge in [-0.05, 0) is 24.3 Å². The topological polar surface area (TPSA) is 23.6 Å². The molecular weight excluding hydrogens is 275 g/mol. The number of rotatable bonds is 5. The predicted octanol–water partition coefficient (Wildman–Crippen LogP) is 2.25. The van der Waals surface area contributed by atoms with Crippen molar-refractivity contribution in [2.75, 3.05) is 38.5 Å². The van der Waals surface area contributed by atoms with Gasteiger partial charge in [-0.15, -0.1) is 18.3 Å². The van der Waals surface area contributed by atoms with Gasteiger partial charge < -0.3 is 4.90 Å². The fraction of sp³-hybridized carbons (Fsp3) is 0.400. The zero-order chi connectivity index (χ0) is 14.4. The number of amides is 1. The van der Waals surface area contributed by atoms with Gasteiger partial charge in [-0.1, -0.05) is 6.08 Å². The van der Waals surface area contributed by atoms with Gasteiger partial charge in [0.25, 0.3) is 0 Å². The number of carbonyl (C=O) groups excluding carboxylic acids is 1. The van der Waals surface area contributed by atoms with Gasteiger partial charge in [0.1, 0.15) is 5.82 Å². The molecular formula is C15H19FN2OS. The number of hydrogen-bond donors (Lipinski definition) is 0. The van der Waals surface area contributed by atoms with Crippen molar-refractivity contribution in [3.8, 4) is 0 Å². The summed E-state index contributed by atoms with van der Waals surface area (Å²) in [4.78, 5) is 17.2.